The number of aryl methyl sites for hydroxylation is 1. The Labute approximate surface area is 431 Å². The average Bonchev–Trinajstić information content (AvgIpc) is 3.47. The van der Waals surface area contributed by atoms with Gasteiger partial charge < -0.3 is 21.7 Å². The summed E-state index contributed by atoms with van der Waals surface area (Å²) in [5.74, 6) is -2.41. The largest absolute Gasteiger partial charge is 0.505 e. The summed E-state index contributed by atoms with van der Waals surface area (Å²) in [6, 6.07) is 28.1. The Morgan fingerprint density at radius 3 is 1.18 bits per heavy atom. The summed E-state index contributed by atoms with van der Waals surface area (Å²) in [5, 5.41) is 56.3. The van der Waals surface area contributed by atoms with E-state index in [9.17, 15) is 45.1 Å². The second-order valence-electron chi connectivity index (χ2n) is 16.4. The molecule has 0 saturated carbocycles. The molecule has 0 bridgehead atoms. The number of nitrogen functional groups attached to an aromatic ring is 2. The fourth-order valence-corrected chi connectivity index (χ4v) is 10.2. The minimum absolute atomic E-state index is 0.000382. The molecule has 384 valence electrons. The Balaban J connectivity index is 1.01. The number of phenolic OH excluding ortho intramolecular Hbond substituents is 2. The van der Waals surface area contributed by atoms with E-state index in [1.165, 1.54) is 91.0 Å². The Bertz CT molecular complexity index is 4260. The lowest BCUT2D eigenvalue weighted by atomic mass is 9.83. The van der Waals surface area contributed by atoms with Gasteiger partial charge in [-0.15, -0.1) is 20.5 Å². The Kier molecular flexibility index (Phi) is 13.6. The van der Waals surface area contributed by atoms with E-state index in [2.05, 4.69) is 45.1 Å². The molecule has 8 aromatic rings. The summed E-state index contributed by atoms with van der Waals surface area (Å²) in [7, 11) is -10.3. The maximum atomic E-state index is 14.0. The molecule has 1 aliphatic rings. The van der Waals surface area contributed by atoms with Crippen LogP contribution in [0.2, 0.25) is 0 Å². The van der Waals surface area contributed by atoms with Crippen molar-refractivity contribution in [2.45, 2.75) is 21.6 Å². The van der Waals surface area contributed by atoms with Gasteiger partial charge in [0, 0.05) is 44.4 Å². The molecule has 0 aromatic heterocycles. The molecular formula is C50H38N10O13S3. The van der Waals surface area contributed by atoms with E-state index in [1.807, 2.05) is 6.92 Å². The zero-order valence-corrected chi connectivity index (χ0v) is 42.3. The highest BCUT2D eigenvalue weighted by atomic mass is 32.2. The highest BCUT2D eigenvalue weighted by Crippen LogP contribution is 2.49. The molecule has 0 radical (unpaired) electrons. The first-order valence-corrected chi connectivity index (χ1v) is 26.2. The number of anilines is 2. The van der Waals surface area contributed by atoms with Crippen molar-refractivity contribution in [1.82, 2.24) is 0 Å². The van der Waals surface area contributed by atoms with E-state index < -0.39 is 74.6 Å². The zero-order chi connectivity index (χ0) is 54.4. The van der Waals surface area contributed by atoms with Gasteiger partial charge in [0.05, 0.1) is 71.1 Å². The third-order valence-electron chi connectivity index (χ3n) is 11.9. The van der Waals surface area contributed by atoms with Gasteiger partial charge in [-0.05, 0) is 116 Å². The molecule has 6 N–H and O–H groups in total. The Morgan fingerprint density at radius 2 is 0.789 bits per heavy atom. The first kappa shape index (κ1) is 51.8. The van der Waals surface area contributed by atoms with Crippen molar-refractivity contribution in [2.75, 3.05) is 32.8 Å². The van der Waals surface area contributed by atoms with Gasteiger partial charge in [-0.2, -0.15) is 45.7 Å². The molecular weight excluding hydrogens is 1040 g/mol. The van der Waals surface area contributed by atoms with E-state index >= 15 is 0 Å². The van der Waals surface area contributed by atoms with Crippen LogP contribution in [0.25, 0.3) is 21.5 Å². The van der Waals surface area contributed by atoms with Crippen LogP contribution in [0.5, 0.6) is 11.5 Å². The summed E-state index contributed by atoms with van der Waals surface area (Å²) in [5.41, 5.74) is 13.4. The smallest absolute Gasteiger partial charge is 0.299 e. The third kappa shape index (κ3) is 9.65. The summed E-state index contributed by atoms with van der Waals surface area (Å²) < 4.78 is 91.1. The monoisotopic (exact) mass is 1080 g/mol. The van der Waals surface area contributed by atoms with Crippen LogP contribution in [0.3, 0.4) is 0 Å². The normalized spacial score (nSPS) is 13.3. The number of nitrogens with zero attached hydrogens (tertiary/aromatic N) is 8. The topological polar surface area (TPSA) is 356 Å². The number of benzene rings is 8. The van der Waals surface area contributed by atoms with Crippen molar-refractivity contribution >= 4 is 120 Å². The molecule has 23 nitrogen and oxygen atoms in total. The first-order valence-electron chi connectivity index (χ1n) is 22.0. The van der Waals surface area contributed by atoms with E-state index in [-0.39, 0.29) is 88.5 Å². The predicted octanol–water partition coefficient (Wildman–Crippen LogP) is 11.3. The number of fused-ring (bicyclic) bond motifs is 4. The summed E-state index contributed by atoms with van der Waals surface area (Å²) in [6.45, 7) is 1.88. The van der Waals surface area contributed by atoms with Crippen LogP contribution in [-0.2, 0) is 42.9 Å². The number of hydrogen-bond acceptors (Lipinski definition) is 23. The van der Waals surface area contributed by atoms with E-state index in [4.69, 9.17) is 19.8 Å². The van der Waals surface area contributed by atoms with Gasteiger partial charge in [0.25, 0.3) is 30.4 Å². The molecule has 0 spiro atoms. The summed E-state index contributed by atoms with van der Waals surface area (Å²) in [6.07, 6.45) is 0. The van der Waals surface area contributed by atoms with Gasteiger partial charge in [-0.1, -0.05) is 17.7 Å². The van der Waals surface area contributed by atoms with E-state index in [0.29, 0.717) is 5.69 Å². The quantitative estimate of drug-likeness (QED) is 0.0446. The average molecular weight is 1080 g/mol. The van der Waals surface area contributed by atoms with Crippen LogP contribution in [-0.4, -0.2) is 68.4 Å². The molecule has 0 unspecified atom stereocenters. The molecule has 0 amide bonds. The van der Waals surface area contributed by atoms with Gasteiger partial charge >= 0.3 is 0 Å². The lowest BCUT2D eigenvalue weighted by Gasteiger charge is -2.17. The molecule has 0 heterocycles. The number of rotatable bonds is 14. The number of hydrogen-bond donors (Lipinski definition) is 4. The van der Waals surface area contributed by atoms with Crippen LogP contribution in [0.1, 0.15) is 37.4 Å². The van der Waals surface area contributed by atoms with Gasteiger partial charge in [-0.25, -0.2) is 0 Å². The number of aromatic hydroxyl groups is 2. The number of phenols is 2. The molecule has 9 rings (SSSR count). The van der Waals surface area contributed by atoms with Gasteiger partial charge in [0.2, 0.25) is 0 Å². The number of azo groups is 4. The van der Waals surface area contributed by atoms with E-state index in [0.717, 1.165) is 33.0 Å². The molecule has 0 saturated heterocycles. The second kappa shape index (κ2) is 20.0. The predicted molar refractivity (Wildman–Crippen MR) is 277 cm³/mol. The van der Waals surface area contributed by atoms with Crippen LogP contribution in [0, 0.1) is 6.92 Å². The molecule has 26 heteroatoms. The van der Waals surface area contributed by atoms with Gasteiger partial charge in [0.15, 0.2) is 23.1 Å². The third-order valence-corrected chi connectivity index (χ3v) is 15.7. The van der Waals surface area contributed by atoms with E-state index in [1.54, 1.807) is 24.3 Å². The minimum atomic E-state index is -4.61. The van der Waals surface area contributed by atoms with Crippen molar-refractivity contribution < 1.29 is 57.6 Å². The number of ketones is 2. The van der Waals surface area contributed by atoms with Crippen molar-refractivity contribution in [3.8, 4) is 11.5 Å². The lowest BCUT2D eigenvalue weighted by molar-refractivity contribution is 0.0979. The summed E-state index contributed by atoms with van der Waals surface area (Å²) in [4.78, 5) is 26.6. The molecule has 76 heavy (non-hydrogen) atoms. The maximum Gasteiger partial charge on any atom is 0.299 e. The molecule has 8 aromatic carbocycles. The molecule has 0 atom stereocenters. The SMILES string of the molecule is COS(=O)(=O)c1ccc(N=Nc2c(S(=O)(=O)OC)cc3c(N=Nc4ccc5c(c4)C(=O)c4ccc(N=Nc6ccc(N)c7c(O)c(N=Nc8ccc(C)cc8)c(S(=O)(=O)OC)cc67)cc4C5=O)ccc(N)c3c2O)cc1. The van der Waals surface area contributed by atoms with Crippen LogP contribution in [0.15, 0.2) is 177 Å². The fraction of sp³-hybridized carbons (Fsp3) is 0.0800. The zero-order valence-electron chi connectivity index (χ0n) is 39.9. The minimum Gasteiger partial charge on any atom is -0.505 e. The Hall–Kier alpha value is -9.05. The number of carbonyl (C=O) groups excluding carboxylic acids is 2. The summed E-state index contributed by atoms with van der Waals surface area (Å²) >= 11 is 0. The molecule has 1 aliphatic carbocycles. The molecule has 0 aliphatic heterocycles. The van der Waals surface area contributed by atoms with Gasteiger partial charge in [0.1, 0.15) is 21.2 Å². The van der Waals surface area contributed by atoms with Gasteiger partial charge in [-0.3, -0.25) is 22.1 Å². The first-order chi connectivity index (χ1) is 36.2. The Morgan fingerprint density at radius 1 is 0.421 bits per heavy atom. The lowest BCUT2D eigenvalue weighted by Crippen LogP contribution is -2.20. The highest BCUT2D eigenvalue weighted by molar-refractivity contribution is 7.87. The number of nitrogens with two attached hydrogens (primary N) is 2. The van der Waals surface area contributed by atoms with Crippen LogP contribution >= 0.6 is 0 Å². The fourth-order valence-electron chi connectivity index (χ4n) is 7.95. The van der Waals surface area contributed by atoms with Crippen molar-refractivity contribution in [3.63, 3.8) is 0 Å². The second-order valence-corrected chi connectivity index (χ2v) is 21.5. The maximum absolute atomic E-state index is 14.0. The number of carbonyl (C=O) groups is 2. The molecule has 0 fully saturated rings. The highest BCUT2D eigenvalue weighted by Gasteiger charge is 2.31. The van der Waals surface area contributed by atoms with Crippen molar-refractivity contribution in [1.29, 1.82) is 0 Å². The van der Waals surface area contributed by atoms with Crippen molar-refractivity contribution in [2.24, 2.45) is 40.9 Å². The standard InChI is InChI=1S/C50H38N10O13S3/c1-25-5-7-26(8-6-25)53-59-45-41(75(67,68)72-3)23-35-39(19-17-37(51)43(35)49(45)63)57-55-28-11-15-31-33(21-28)47(61)32-16-12-29(22-34(32)48(31)62)56-58-40-20-18-38(52)44-36(40)24-42(76(69,70)73-4)46(50(44)64)60-54-27-9-13-30(14-10-27)74(65,66)71-2/h5-24,63-64H,51-52H2,1-4H3. The van der Waals surface area contributed by atoms with Crippen LogP contribution < -0.4 is 11.5 Å². The van der Waals surface area contributed by atoms with Crippen LogP contribution in [0.4, 0.5) is 56.9 Å². The van der Waals surface area contributed by atoms with Crippen molar-refractivity contribution in [3.05, 3.63) is 149 Å².